The zero-order valence-corrected chi connectivity index (χ0v) is 20.2. The van der Waals surface area contributed by atoms with E-state index in [1.165, 1.54) is 11.8 Å². The monoisotopic (exact) mass is 479 g/mol. The van der Waals surface area contributed by atoms with Crippen molar-refractivity contribution in [2.75, 3.05) is 18.6 Å². The molecule has 0 aliphatic carbocycles. The Balaban J connectivity index is 1.58. The molecule has 2 aliphatic heterocycles. The first-order chi connectivity index (χ1) is 17.4. The lowest BCUT2D eigenvalue weighted by molar-refractivity contribution is -0.125. The molecule has 0 unspecified atom stereocenters. The lowest BCUT2D eigenvalue weighted by Crippen LogP contribution is -2.50. The van der Waals surface area contributed by atoms with Gasteiger partial charge in [-0.15, -0.1) is 0 Å². The van der Waals surface area contributed by atoms with Crippen LogP contribution in [0.4, 0.5) is 10.5 Å². The van der Waals surface area contributed by atoms with Crippen molar-refractivity contribution < 1.29 is 19.1 Å². The van der Waals surface area contributed by atoms with Crippen LogP contribution in [0.15, 0.2) is 72.8 Å². The summed E-state index contributed by atoms with van der Waals surface area (Å²) in [6, 6.07) is 22.0. The summed E-state index contributed by atoms with van der Waals surface area (Å²) in [5, 5.41) is 1.02. The molecule has 7 nitrogen and oxygen atoms in total. The Kier molecular flexibility index (Phi) is 4.80. The van der Waals surface area contributed by atoms with Gasteiger partial charge in [0.2, 0.25) is 0 Å². The third-order valence-electron chi connectivity index (χ3n) is 7.55. The fraction of sp³-hybridized carbons (Fsp3) is 0.207. The predicted molar refractivity (Wildman–Crippen MR) is 137 cm³/mol. The molecule has 2 atom stereocenters. The van der Waals surface area contributed by atoms with Crippen LogP contribution in [0.5, 0.6) is 5.75 Å². The number of nitrogens with zero attached hydrogens (tertiary/aromatic N) is 2. The zero-order valence-electron chi connectivity index (χ0n) is 20.2. The minimum atomic E-state index is -1.23. The summed E-state index contributed by atoms with van der Waals surface area (Å²) < 4.78 is 5.69. The van der Waals surface area contributed by atoms with E-state index >= 15 is 0 Å². The van der Waals surface area contributed by atoms with Gasteiger partial charge in [0.1, 0.15) is 5.75 Å². The molecule has 3 amide bonds. The van der Waals surface area contributed by atoms with Crippen LogP contribution in [0.1, 0.15) is 46.9 Å². The number of rotatable bonds is 4. The number of Topliss-reactive ketones (excluding diaryl/α,β-unsaturated/α-hetero) is 1. The van der Waals surface area contributed by atoms with Crippen molar-refractivity contribution in [3.8, 4) is 5.75 Å². The number of anilines is 1. The first-order valence-corrected chi connectivity index (χ1v) is 11.9. The van der Waals surface area contributed by atoms with Gasteiger partial charge in [0.15, 0.2) is 11.3 Å². The summed E-state index contributed by atoms with van der Waals surface area (Å²) in [5.74, 6) is 0.0421. The molecule has 0 radical (unpaired) electrons. The molecule has 1 N–H and O–H groups in total. The van der Waals surface area contributed by atoms with Gasteiger partial charge in [-0.1, -0.05) is 48.5 Å². The number of aromatic nitrogens is 1. The largest absolute Gasteiger partial charge is 0.496 e. The Hall–Kier alpha value is -4.39. The topological polar surface area (TPSA) is 82.7 Å². The highest BCUT2D eigenvalue weighted by Crippen LogP contribution is 2.51. The third-order valence-corrected chi connectivity index (χ3v) is 7.55. The highest BCUT2D eigenvalue weighted by Gasteiger charge is 2.60. The number of benzene rings is 3. The molecule has 0 spiro atoms. The second-order valence-electron chi connectivity index (χ2n) is 9.47. The van der Waals surface area contributed by atoms with Crippen molar-refractivity contribution in [1.29, 1.82) is 0 Å². The molecule has 3 heterocycles. The number of amides is 3. The fourth-order valence-electron chi connectivity index (χ4n) is 5.72. The Morgan fingerprint density at radius 1 is 1.03 bits per heavy atom. The molecule has 4 aromatic rings. The number of H-pyrrole nitrogens is 1. The van der Waals surface area contributed by atoms with Crippen LogP contribution in [0, 0.1) is 0 Å². The number of hydrogen-bond acceptors (Lipinski definition) is 4. The average Bonchev–Trinajstić information content (AvgIpc) is 3.38. The van der Waals surface area contributed by atoms with E-state index in [2.05, 4.69) is 4.98 Å². The molecule has 0 saturated carbocycles. The van der Waals surface area contributed by atoms with E-state index < -0.39 is 11.6 Å². The molecule has 1 aromatic heterocycles. The van der Waals surface area contributed by atoms with Crippen LogP contribution in [0.2, 0.25) is 0 Å². The molecule has 1 fully saturated rings. The molecule has 6 rings (SSSR count). The molecule has 2 aliphatic rings. The smallest absolute Gasteiger partial charge is 0.332 e. The van der Waals surface area contributed by atoms with Gasteiger partial charge < -0.3 is 14.6 Å². The lowest BCUT2D eigenvalue weighted by Gasteiger charge is -2.40. The second kappa shape index (κ2) is 7.81. The average molecular weight is 480 g/mol. The van der Waals surface area contributed by atoms with Gasteiger partial charge in [0, 0.05) is 34.5 Å². The Morgan fingerprint density at radius 3 is 2.56 bits per heavy atom. The normalized spacial score (nSPS) is 21.0. The summed E-state index contributed by atoms with van der Waals surface area (Å²) in [4.78, 5) is 46.3. The number of nitrogens with one attached hydrogen (secondary N) is 1. The number of imide groups is 1. The number of para-hydroxylation sites is 2. The minimum absolute atomic E-state index is 0.131. The van der Waals surface area contributed by atoms with Crippen molar-refractivity contribution in [2.24, 2.45) is 0 Å². The van der Waals surface area contributed by atoms with E-state index in [9.17, 15) is 14.4 Å². The number of carbonyl (C=O) groups excluding carboxylic acids is 3. The lowest BCUT2D eigenvalue weighted by atomic mass is 9.78. The maximum Gasteiger partial charge on any atom is 0.332 e. The number of urea groups is 1. The summed E-state index contributed by atoms with van der Waals surface area (Å²) in [6.07, 6.45) is 0. The molecule has 36 heavy (non-hydrogen) atoms. The number of ether oxygens (including phenoxy) is 1. The van der Waals surface area contributed by atoms with Gasteiger partial charge in [-0.2, -0.15) is 0 Å². The second-order valence-corrected chi connectivity index (χ2v) is 9.47. The molecular weight excluding hydrogens is 454 g/mol. The predicted octanol–water partition coefficient (Wildman–Crippen LogP) is 5.21. The SMILES string of the molecule is COc1ccccc1[C@H]1CN2C(=O)N(c3cccc(C(C)=O)c3)C(=O)[C@]2(C)c2[nH]c3ccccc3c21. The molecule has 180 valence electrons. The van der Waals surface area contributed by atoms with Crippen LogP contribution in [-0.4, -0.2) is 41.3 Å². The number of carbonyl (C=O) groups is 3. The van der Waals surface area contributed by atoms with Crippen molar-refractivity contribution >= 4 is 34.3 Å². The van der Waals surface area contributed by atoms with Gasteiger partial charge >= 0.3 is 6.03 Å². The Morgan fingerprint density at radius 2 is 1.78 bits per heavy atom. The first-order valence-electron chi connectivity index (χ1n) is 11.9. The number of hydrogen-bond donors (Lipinski definition) is 1. The van der Waals surface area contributed by atoms with Crippen molar-refractivity contribution in [2.45, 2.75) is 25.3 Å². The van der Waals surface area contributed by atoms with Crippen LogP contribution in [-0.2, 0) is 10.3 Å². The van der Waals surface area contributed by atoms with Crippen LogP contribution in [0.25, 0.3) is 10.9 Å². The molecular formula is C29H25N3O4. The third kappa shape index (κ3) is 2.89. The van der Waals surface area contributed by atoms with E-state index in [4.69, 9.17) is 4.74 Å². The van der Waals surface area contributed by atoms with Crippen LogP contribution in [0.3, 0.4) is 0 Å². The standard InChI is InChI=1S/C29H25N3O4/c1-17(33)18-9-8-10-19(15-18)32-27(34)29(2)26-25(21-12-4-6-13-23(21)30-26)22(16-31(29)28(32)35)20-11-5-7-14-24(20)36-3/h4-15,22,30H,16H2,1-3H3/t22-,29+/m1/s1. The van der Waals surface area contributed by atoms with Gasteiger partial charge in [-0.25, -0.2) is 9.69 Å². The summed E-state index contributed by atoms with van der Waals surface area (Å²) >= 11 is 0. The molecule has 0 bridgehead atoms. The summed E-state index contributed by atoms with van der Waals surface area (Å²) in [5.41, 5.74) is 3.16. The molecule has 3 aromatic carbocycles. The first kappa shape index (κ1) is 22.1. The van der Waals surface area contributed by atoms with Crippen molar-refractivity contribution in [1.82, 2.24) is 9.88 Å². The van der Waals surface area contributed by atoms with Gasteiger partial charge in [0.25, 0.3) is 5.91 Å². The highest BCUT2D eigenvalue weighted by molar-refractivity contribution is 6.24. The van der Waals surface area contributed by atoms with Gasteiger partial charge in [0.05, 0.1) is 18.5 Å². The number of fused-ring (bicyclic) bond motifs is 5. The zero-order chi connectivity index (χ0) is 25.2. The van der Waals surface area contributed by atoms with E-state index in [0.29, 0.717) is 23.5 Å². The van der Waals surface area contributed by atoms with E-state index in [1.54, 1.807) is 43.2 Å². The minimum Gasteiger partial charge on any atom is -0.496 e. The maximum atomic E-state index is 14.1. The summed E-state index contributed by atoms with van der Waals surface area (Å²) in [7, 11) is 1.64. The molecule has 7 heteroatoms. The van der Waals surface area contributed by atoms with Crippen LogP contribution < -0.4 is 9.64 Å². The highest BCUT2D eigenvalue weighted by atomic mass is 16.5. The number of methoxy groups -OCH3 is 1. The number of aromatic amines is 1. The quantitative estimate of drug-likeness (QED) is 0.322. The van der Waals surface area contributed by atoms with Crippen molar-refractivity contribution in [3.05, 3.63) is 95.2 Å². The van der Waals surface area contributed by atoms with Gasteiger partial charge in [-0.05, 0) is 43.7 Å². The van der Waals surface area contributed by atoms with Gasteiger partial charge in [-0.3, -0.25) is 9.59 Å². The van der Waals surface area contributed by atoms with E-state index in [1.807, 2.05) is 48.5 Å². The molecule has 1 saturated heterocycles. The Bertz CT molecular complexity index is 1570. The fourth-order valence-corrected chi connectivity index (χ4v) is 5.72. The van der Waals surface area contributed by atoms with E-state index in [0.717, 1.165) is 27.8 Å². The van der Waals surface area contributed by atoms with Crippen molar-refractivity contribution in [3.63, 3.8) is 0 Å². The van der Waals surface area contributed by atoms with Crippen LogP contribution >= 0.6 is 0 Å². The Labute approximate surface area is 208 Å². The summed E-state index contributed by atoms with van der Waals surface area (Å²) in [6.45, 7) is 3.57. The number of ketones is 1. The van der Waals surface area contributed by atoms with E-state index in [-0.39, 0.29) is 17.6 Å². The maximum absolute atomic E-state index is 14.1.